The van der Waals surface area contributed by atoms with Crippen molar-refractivity contribution in [3.8, 4) is 0 Å². The summed E-state index contributed by atoms with van der Waals surface area (Å²) in [6, 6.07) is 6.61. The van der Waals surface area contributed by atoms with Crippen LogP contribution in [0, 0.1) is 13.8 Å². The maximum Gasteiger partial charge on any atom is 0.0587 e. The Labute approximate surface area is 86.0 Å². The molecule has 0 spiro atoms. The summed E-state index contributed by atoms with van der Waals surface area (Å²) in [7, 11) is 1.88. The summed E-state index contributed by atoms with van der Waals surface area (Å²) in [5.41, 5.74) is 3.91. The smallest absolute Gasteiger partial charge is 0.0587 e. The molecule has 0 aliphatic carbocycles. The number of hydrogen-bond donors (Lipinski definition) is 2. The fourth-order valence-corrected chi connectivity index (χ4v) is 1.47. The Balaban J connectivity index is 2.72. The van der Waals surface area contributed by atoms with Crippen molar-refractivity contribution >= 4 is 0 Å². The number of nitrogens with one attached hydrogen (secondary N) is 1. The maximum absolute atomic E-state index is 9.05. The third-order valence-electron chi connectivity index (χ3n) is 2.68. The first-order valence-corrected chi connectivity index (χ1v) is 5.01. The van der Waals surface area contributed by atoms with Gasteiger partial charge in [0.1, 0.15) is 0 Å². The van der Waals surface area contributed by atoms with Crippen LogP contribution in [-0.4, -0.2) is 24.8 Å². The zero-order chi connectivity index (χ0) is 10.6. The number of aryl methyl sites for hydroxylation is 2. The van der Waals surface area contributed by atoms with Gasteiger partial charge >= 0.3 is 0 Å². The summed E-state index contributed by atoms with van der Waals surface area (Å²) >= 11 is 0. The van der Waals surface area contributed by atoms with Crippen LogP contribution in [0.3, 0.4) is 0 Å². The molecule has 1 unspecified atom stereocenters. The molecule has 0 radical (unpaired) electrons. The lowest BCUT2D eigenvalue weighted by Crippen LogP contribution is -2.31. The standard InChI is InChI=1S/C12H19NO/c1-9-4-5-11(6-10(9)2)7-12(8-14)13-3/h4-6,12-14H,7-8H2,1-3H3. The fraction of sp³-hybridized carbons (Fsp3) is 0.500. The Bertz CT molecular complexity index is 292. The first-order valence-electron chi connectivity index (χ1n) is 5.01. The highest BCUT2D eigenvalue weighted by atomic mass is 16.3. The summed E-state index contributed by atoms with van der Waals surface area (Å²) in [5, 5.41) is 12.1. The van der Waals surface area contributed by atoms with Gasteiger partial charge in [-0.05, 0) is 44.0 Å². The number of benzene rings is 1. The summed E-state index contributed by atoms with van der Waals surface area (Å²) in [6.07, 6.45) is 0.883. The highest BCUT2D eigenvalue weighted by Gasteiger charge is 2.05. The van der Waals surface area contributed by atoms with Gasteiger partial charge in [-0.1, -0.05) is 18.2 Å². The zero-order valence-electron chi connectivity index (χ0n) is 9.17. The lowest BCUT2D eigenvalue weighted by atomic mass is 10.0. The van der Waals surface area contributed by atoms with E-state index in [9.17, 15) is 0 Å². The minimum Gasteiger partial charge on any atom is -0.395 e. The average Bonchev–Trinajstić information content (AvgIpc) is 2.19. The molecular weight excluding hydrogens is 174 g/mol. The monoisotopic (exact) mass is 193 g/mol. The van der Waals surface area contributed by atoms with Crippen molar-refractivity contribution in [3.63, 3.8) is 0 Å². The van der Waals surface area contributed by atoms with E-state index in [1.807, 2.05) is 7.05 Å². The molecular formula is C12H19NO. The Hall–Kier alpha value is -0.860. The Morgan fingerprint density at radius 2 is 2.00 bits per heavy atom. The van der Waals surface area contributed by atoms with Crippen LogP contribution in [0.15, 0.2) is 18.2 Å². The van der Waals surface area contributed by atoms with Crippen molar-refractivity contribution in [1.82, 2.24) is 5.32 Å². The predicted octanol–water partition coefficient (Wildman–Crippen LogP) is 1.43. The molecule has 14 heavy (non-hydrogen) atoms. The van der Waals surface area contributed by atoms with Gasteiger partial charge in [0.2, 0.25) is 0 Å². The normalized spacial score (nSPS) is 12.9. The Morgan fingerprint density at radius 1 is 1.29 bits per heavy atom. The lowest BCUT2D eigenvalue weighted by Gasteiger charge is -2.13. The van der Waals surface area contributed by atoms with Gasteiger partial charge in [0.15, 0.2) is 0 Å². The molecule has 2 nitrogen and oxygen atoms in total. The molecule has 0 bridgehead atoms. The van der Waals surface area contributed by atoms with Crippen LogP contribution < -0.4 is 5.32 Å². The van der Waals surface area contributed by atoms with Crippen LogP contribution in [0.2, 0.25) is 0 Å². The Kier molecular flexibility index (Phi) is 4.11. The Morgan fingerprint density at radius 3 is 2.50 bits per heavy atom. The minimum absolute atomic E-state index is 0.164. The average molecular weight is 193 g/mol. The molecule has 0 amide bonds. The summed E-state index contributed by atoms with van der Waals surface area (Å²) in [6.45, 7) is 4.41. The molecule has 1 rings (SSSR count). The lowest BCUT2D eigenvalue weighted by molar-refractivity contribution is 0.248. The number of likely N-dealkylation sites (N-methyl/N-ethyl adjacent to an activating group) is 1. The maximum atomic E-state index is 9.05. The van der Waals surface area contributed by atoms with Crippen LogP contribution in [0.25, 0.3) is 0 Å². The SMILES string of the molecule is CNC(CO)Cc1ccc(C)c(C)c1. The van der Waals surface area contributed by atoms with Gasteiger partial charge in [-0.3, -0.25) is 0 Å². The van der Waals surface area contributed by atoms with E-state index in [1.54, 1.807) is 0 Å². The number of rotatable bonds is 4. The van der Waals surface area contributed by atoms with Crippen LogP contribution in [0.1, 0.15) is 16.7 Å². The van der Waals surface area contributed by atoms with Crippen molar-refractivity contribution < 1.29 is 5.11 Å². The van der Waals surface area contributed by atoms with Gasteiger partial charge in [0.25, 0.3) is 0 Å². The van der Waals surface area contributed by atoms with Crippen molar-refractivity contribution in [2.75, 3.05) is 13.7 Å². The number of hydrogen-bond acceptors (Lipinski definition) is 2. The van der Waals surface area contributed by atoms with Crippen molar-refractivity contribution in [3.05, 3.63) is 34.9 Å². The number of aliphatic hydroxyl groups is 1. The first kappa shape index (κ1) is 11.2. The molecule has 1 atom stereocenters. The van der Waals surface area contributed by atoms with E-state index in [1.165, 1.54) is 16.7 Å². The van der Waals surface area contributed by atoms with Gasteiger partial charge in [-0.15, -0.1) is 0 Å². The second kappa shape index (κ2) is 5.13. The van der Waals surface area contributed by atoms with E-state index in [-0.39, 0.29) is 12.6 Å². The van der Waals surface area contributed by atoms with Crippen molar-refractivity contribution in [1.29, 1.82) is 0 Å². The molecule has 0 aliphatic heterocycles. The third-order valence-corrected chi connectivity index (χ3v) is 2.68. The molecule has 2 N–H and O–H groups in total. The zero-order valence-corrected chi connectivity index (χ0v) is 9.17. The van der Waals surface area contributed by atoms with E-state index in [0.717, 1.165) is 6.42 Å². The van der Waals surface area contributed by atoms with Crippen LogP contribution in [0.5, 0.6) is 0 Å². The van der Waals surface area contributed by atoms with Crippen LogP contribution in [0.4, 0.5) is 0 Å². The van der Waals surface area contributed by atoms with Gasteiger partial charge in [-0.25, -0.2) is 0 Å². The van der Waals surface area contributed by atoms with E-state index in [4.69, 9.17) is 5.11 Å². The minimum atomic E-state index is 0.164. The van der Waals surface area contributed by atoms with Crippen molar-refractivity contribution in [2.24, 2.45) is 0 Å². The number of aliphatic hydroxyl groups excluding tert-OH is 1. The molecule has 0 aliphatic rings. The first-order chi connectivity index (χ1) is 6.67. The quantitative estimate of drug-likeness (QED) is 0.758. The highest BCUT2D eigenvalue weighted by Crippen LogP contribution is 2.11. The molecule has 0 saturated heterocycles. The van der Waals surface area contributed by atoms with E-state index in [0.29, 0.717) is 0 Å². The predicted molar refractivity (Wildman–Crippen MR) is 59.6 cm³/mol. The topological polar surface area (TPSA) is 32.3 Å². The van der Waals surface area contributed by atoms with Gasteiger partial charge < -0.3 is 10.4 Å². The van der Waals surface area contributed by atoms with E-state index >= 15 is 0 Å². The molecule has 1 aromatic rings. The molecule has 2 heteroatoms. The van der Waals surface area contributed by atoms with Crippen LogP contribution in [-0.2, 0) is 6.42 Å². The molecule has 0 fully saturated rings. The molecule has 0 aromatic heterocycles. The second-order valence-corrected chi connectivity index (χ2v) is 3.79. The fourth-order valence-electron chi connectivity index (χ4n) is 1.47. The van der Waals surface area contributed by atoms with E-state index < -0.39 is 0 Å². The highest BCUT2D eigenvalue weighted by molar-refractivity contribution is 5.30. The molecule has 0 saturated carbocycles. The van der Waals surface area contributed by atoms with Crippen LogP contribution >= 0.6 is 0 Å². The van der Waals surface area contributed by atoms with E-state index in [2.05, 4.69) is 37.4 Å². The molecule has 0 heterocycles. The largest absolute Gasteiger partial charge is 0.395 e. The third kappa shape index (κ3) is 2.82. The van der Waals surface area contributed by atoms with Gasteiger partial charge in [-0.2, -0.15) is 0 Å². The van der Waals surface area contributed by atoms with Crippen molar-refractivity contribution in [2.45, 2.75) is 26.3 Å². The summed E-state index contributed by atoms with van der Waals surface area (Å²) < 4.78 is 0. The molecule has 78 valence electrons. The van der Waals surface area contributed by atoms with Gasteiger partial charge in [0, 0.05) is 6.04 Å². The molecule has 1 aromatic carbocycles. The summed E-state index contributed by atoms with van der Waals surface area (Å²) in [4.78, 5) is 0. The second-order valence-electron chi connectivity index (χ2n) is 3.79. The van der Waals surface area contributed by atoms with Gasteiger partial charge in [0.05, 0.1) is 6.61 Å². The summed E-state index contributed by atoms with van der Waals surface area (Å²) in [5.74, 6) is 0.